The maximum Gasteiger partial charge on any atom is 0.233 e. The topological polar surface area (TPSA) is 99.4 Å². The molecular weight excluding hydrogens is 348 g/mol. The fourth-order valence-corrected chi connectivity index (χ4v) is 4.90. The Labute approximate surface area is 160 Å². The van der Waals surface area contributed by atoms with E-state index in [0.717, 1.165) is 0 Å². The molecule has 2 N–H and O–H groups in total. The number of nitrogens with zero attached hydrogens (tertiary/aromatic N) is 2. The van der Waals surface area contributed by atoms with Crippen LogP contribution in [0.15, 0.2) is 5.16 Å². The third-order valence-electron chi connectivity index (χ3n) is 6.04. The molecule has 0 aromatic rings. The maximum absolute atomic E-state index is 13.2. The number of aliphatic hydroxyl groups excluding tert-OH is 2. The summed E-state index contributed by atoms with van der Waals surface area (Å²) in [5.74, 6) is -1.73. The van der Waals surface area contributed by atoms with Gasteiger partial charge in [0.1, 0.15) is 6.61 Å². The molecule has 0 bridgehead atoms. The predicted octanol–water partition coefficient (Wildman–Crippen LogP) is 1.57. The Morgan fingerprint density at radius 1 is 1.15 bits per heavy atom. The number of aliphatic hydroxyl groups is 2. The van der Waals surface area contributed by atoms with Gasteiger partial charge in [-0.25, -0.2) is 0 Å². The van der Waals surface area contributed by atoms with Crippen molar-refractivity contribution in [3.05, 3.63) is 0 Å². The van der Waals surface area contributed by atoms with Gasteiger partial charge >= 0.3 is 0 Å². The lowest BCUT2D eigenvalue weighted by Crippen LogP contribution is -2.55. The predicted molar refractivity (Wildman–Crippen MR) is 99.7 cm³/mol. The minimum absolute atomic E-state index is 0.145. The summed E-state index contributed by atoms with van der Waals surface area (Å²) in [6, 6.07) is 0. The molecule has 27 heavy (non-hydrogen) atoms. The van der Waals surface area contributed by atoms with E-state index in [4.69, 9.17) is 4.84 Å². The number of amides is 2. The largest absolute Gasteiger partial charge is 0.396 e. The van der Waals surface area contributed by atoms with Crippen LogP contribution in [0.2, 0.25) is 0 Å². The van der Waals surface area contributed by atoms with E-state index >= 15 is 0 Å². The zero-order chi connectivity index (χ0) is 20.1. The Morgan fingerprint density at radius 3 is 2.37 bits per heavy atom. The van der Waals surface area contributed by atoms with Gasteiger partial charge in [-0.2, -0.15) is 0 Å². The van der Waals surface area contributed by atoms with Gasteiger partial charge in [-0.05, 0) is 39.5 Å². The van der Waals surface area contributed by atoms with E-state index in [1.165, 1.54) is 4.90 Å². The van der Waals surface area contributed by atoms with Gasteiger partial charge in [-0.3, -0.25) is 14.5 Å². The minimum Gasteiger partial charge on any atom is -0.396 e. The summed E-state index contributed by atoms with van der Waals surface area (Å²) in [5.41, 5.74) is 0.0997. The number of oxime groups is 1. The van der Waals surface area contributed by atoms with Crippen molar-refractivity contribution in [3.63, 3.8) is 0 Å². The second kappa shape index (κ2) is 7.17. The first-order chi connectivity index (χ1) is 12.5. The molecule has 3 aliphatic rings. The first kappa shape index (κ1) is 20.3. The van der Waals surface area contributed by atoms with E-state index in [9.17, 15) is 19.8 Å². The Morgan fingerprint density at radius 2 is 1.78 bits per heavy atom. The van der Waals surface area contributed by atoms with Crippen LogP contribution in [0.5, 0.6) is 0 Å². The number of fused-ring (bicyclic) bond motifs is 3. The Kier molecular flexibility index (Phi) is 5.38. The van der Waals surface area contributed by atoms with Crippen LogP contribution in [0.4, 0.5) is 0 Å². The molecule has 2 amide bonds. The molecule has 1 heterocycles. The molecule has 1 aliphatic heterocycles. The minimum atomic E-state index is -1.04. The maximum atomic E-state index is 13.2. The quantitative estimate of drug-likeness (QED) is 0.572. The summed E-state index contributed by atoms with van der Waals surface area (Å²) in [5, 5.41) is 25.4. The average Bonchev–Trinajstić information content (AvgIpc) is 2.82. The van der Waals surface area contributed by atoms with Gasteiger partial charge in [0.15, 0.2) is 0 Å². The van der Waals surface area contributed by atoms with E-state index in [2.05, 4.69) is 5.16 Å². The molecule has 152 valence electrons. The highest BCUT2D eigenvalue weighted by Gasteiger charge is 2.61. The highest BCUT2D eigenvalue weighted by Crippen LogP contribution is 2.50. The molecule has 7 heteroatoms. The molecule has 1 saturated heterocycles. The molecule has 2 aliphatic carbocycles. The number of hydrogen-bond donors (Lipinski definition) is 2. The van der Waals surface area contributed by atoms with Crippen molar-refractivity contribution in [2.45, 2.75) is 71.6 Å². The SMILES string of the molecule is CC(C)CON=C1C[C@@H](O)[C@@H](O)[C@@H]2[C@@H]3C(=O)N(C(C)(C)C)C(=O)[C@@H]3CC[C@H]12. The fourth-order valence-electron chi connectivity index (χ4n) is 4.90. The molecule has 3 rings (SSSR count). The summed E-state index contributed by atoms with van der Waals surface area (Å²) in [6.07, 6.45) is -0.546. The van der Waals surface area contributed by atoms with E-state index in [-0.39, 0.29) is 24.2 Å². The molecular formula is C20H32N2O5. The molecule has 6 atom stereocenters. The molecule has 3 fully saturated rings. The summed E-state index contributed by atoms with van der Waals surface area (Å²) >= 11 is 0. The summed E-state index contributed by atoms with van der Waals surface area (Å²) in [6.45, 7) is 10.1. The first-order valence-electron chi connectivity index (χ1n) is 9.96. The molecule has 2 saturated carbocycles. The van der Waals surface area contributed by atoms with Crippen LogP contribution in [0, 0.1) is 29.6 Å². The van der Waals surface area contributed by atoms with Gasteiger partial charge < -0.3 is 15.1 Å². The zero-order valence-corrected chi connectivity index (χ0v) is 16.9. The number of hydrogen-bond acceptors (Lipinski definition) is 6. The smallest absolute Gasteiger partial charge is 0.233 e. The zero-order valence-electron chi connectivity index (χ0n) is 16.9. The second-order valence-corrected chi connectivity index (χ2v) is 9.61. The van der Waals surface area contributed by atoms with Crippen LogP contribution < -0.4 is 0 Å². The lowest BCUT2D eigenvalue weighted by molar-refractivity contribution is -0.146. The van der Waals surface area contributed by atoms with Gasteiger partial charge in [-0.1, -0.05) is 19.0 Å². The molecule has 7 nitrogen and oxygen atoms in total. The van der Waals surface area contributed by atoms with E-state index in [1.54, 1.807) is 0 Å². The average molecular weight is 380 g/mol. The van der Waals surface area contributed by atoms with Gasteiger partial charge in [0.2, 0.25) is 11.8 Å². The van der Waals surface area contributed by atoms with Crippen LogP contribution >= 0.6 is 0 Å². The van der Waals surface area contributed by atoms with Crippen molar-refractivity contribution >= 4 is 17.5 Å². The molecule has 0 aromatic heterocycles. The summed E-state index contributed by atoms with van der Waals surface area (Å²) < 4.78 is 0. The second-order valence-electron chi connectivity index (χ2n) is 9.61. The van der Waals surface area contributed by atoms with Gasteiger partial charge in [0.05, 0.1) is 29.8 Å². The van der Waals surface area contributed by atoms with E-state index in [0.29, 0.717) is 31.1 Å². The Hall–Kier alpha value is -1.47. The highest BCUT2D eigenvalue weighted by atomic mass is 16.6. The third kappa shape index (κ3) is 3.51. The number of carbonyl (C=O) groups excluding carboxylic acids is 2. The van der Waals surface area contributed by atoms with Gasteiger partial charge in [0.25, 0.3) is 0 Å². The van der Waals surface area contributed by atoms with Crippen molar-refractivity contribution in [1.29, 1.82) is 0 Å². The number of imide groups is 1. The molecule has 0 radical (unpaired) electrons. The van der Waals surface area contributed by atoms with Crippen LogP contribution in [0.1, 0.15) is 53.9 Å². The molecule has 0 unspecified atom stereocenters. The van der Waals surface area contributed by atoms with Crippen LogP contribution in [0.3, 0.4) is 0 Å². The summed E-state index contributed by atoms with van der Waals surface area (Å²) in [7, 11) is 0. The van der Waals surface area contributed by atoms with Crippen molar-refractivity contribution in [1.82, 2.24) is 4.90 Å². The summed E-state index contributed by atoms with van der Waals surface area (Å²) in [4.78, 5) is 32.8. The van der Waals surface area contributed by atoms with Crippen LogP contribution in [-0.4, -0.2) is 57.0 Å². The third-order valence-corrected chi connectivity index (χ3v) is 6.04. The molecule has 0 aromatic carbocycles. The van der Waals surface area contributed by atoms with E-state index < -0.39 is 35.5 Å². The van der Waals surface area contributed by atoms with Crippen LogP contribution in [0.25, 0.3) is 0 Å². The van der Waals surface area contributed by atoms with Crippen molar-refractivity contribution in [2.75, 3.05) is 6.61 Å². The highest BCUT2D eigenvalue weighted by molar-refractivity contribution is 6.06. The van der Waals surface area contributed by atoms with Crippen molar-refractivity contribution in [2.24, 2.45) is 34.7 Å². The number of likely N-dealkylation sites (tertiary alicyclic amines) is 1. The van der Waals surface area contributed by atoms with Crippen molar-refractivity contribution < 1.29 is 24.6 Å². The fraction of sp³-hybridized carbons (Fsp3) is 0.850. The monoisotopic (exact) mass is 380 g/mol. The number of rotatable bonds is 3. The first-order valence-corrected chi connectivity index (χ1v) is 9.96. The lowest BCUT2D eigenvalue weighted by atomic mass is 9.60. The Bertz CT molecular complexity index is 639. The van der Waals surface area contributed by atoms with Crippen LogP contribution in [-0.2, 0) is 14.4 Å². The lowest BCUT2D eigenvalue weighted by Gasteiger charge is -2.45. The van der Waals surface area contributed by atoms with Crippen molar-refractivity contribution in [3.8, 4) is 0 Å². The van der Waals surface area contributed by atoms with E-state index in [1.807, 2.05) is 34.6 Å². The normalized spacial score (nSPS) is 38.4. The number of carbonyl (C=O) groups is 2. The Balaban J connectivity index is 1.91. The van der Waals surface area contributed by atoms with Gasteiger partial charge in [0, 0.05) is 23.8 Å². The molecule has 0 spiro atoms. The standard InChI is InChI=1S/C20H32N2O5/c1-10(2)9-27-21-13-8-14(23)17(24)15-11(13)6-7-12-16(15)19(26)22(18(12)25)20(3,4)5/h10-12,14-17,23-24H,6-9H2,1-5H3/t11-,12-,14-,15+,16-,17-/m1/s1. The van der Waals surface area contributed by atoms with Gasteiger partial charge in [-0.15, -0.1) is 0 Å².